The fourth-order valence-corrected chi connectivity index (χ4v) is 5.81. The van der Waals surface area contributed by atoms with Crippen molar-refractivity contribution in [2.24, 2.45) is 17.1 Å². The first-order chi connectivity index (χ1) is 15.2. The lowest BCUT2D eigenvalue weighted by molar-refractivity contribution is -0.140. The van der Waals surface area contributed by atoms with Crippen LogP contribution in [0.1, 0.15) is 62.9 Å². The van der Waals surface area contributed by atoms with E-state index < -0.39 is 11.9 Å². The molecule has 1 aromatic heterocycles. The molecule has 2 aliphatic carbocycles. The molecule has 2 heterocycles. The second-order valence-corrected chi connectivity index (χ2v) is 10.5. The number of piperidine rings is 1. The van der Waals surface area contributed by atoms with Crippen molar-refractivity contribution in [2.75, 3.05) is 0 Å². The van der Waals surface area contributed by atoms with E-state index in [1.54, 1.807) is 11.0 Å². The second-order valence-electron chi connectivity index (χ2n) is 10.5. The molecule has 4 atom stereocenters. The summed E-state index contributed by atoms with van der Waals surface area (Å²) in [5, 5.41) is 8.18. The van der Waals surface area contributed by atoms with Gasteiger partial charge in [-0.1, -0.05) is 38.5 Å². The van der Waals surface area contributed by atoms with E-state index in [1.165, 1.54) is 11.1 Å². The number of para-hydroxylation sites is 1. The Hall–Kier alpha value is -2.90. The van der Waals surface area contributed by atoms with Crippen molar-refractivity contribution in [2.45, 2.75) is 77.0 Å². The van der Waals surface area contributed by atoms with Crippen LogP contribution in [0.25, 0.3) is 10.9 Å². The standard InChI is InChI=1S/C24H31N5O3/c1-24(2)9-5-6-15(12-24)26-23(32)19-11-14-10-18(14)29(19)20(30)13-28-17-8-4-3-7-16(17)21(27-28)22(25)31/h3-4,7-8,14-15,18-19H,5-6,9-13H2,1-2H3,(H2,25,31)(H,26,32)/t14-,15+,18-,19+/m1/s1. The number of carbonyl (C=O) groups excluding carboxylic acids is 3. The van der Waals surface area contributed by atoms with Crippen molar-refractivity contribution < 1.29 is 14.4 Å². The van der Waals surface area contributed by atoms with Crippen LogP contribution in [0.15, 0.2) is 24.3 Å². The van der Waals surface area contributed by atoms with Crippen LogP contribution in [0.4, 0.5) is 0 Å². The van der Waals surface area contributed by atoms with Gasteiger partial charge in [-0.3, -0.25) is 19.1 Å². The SMILES string of the molecule is CC1(C)CCC[C@H](NC(=O)[C@@H]2C[C@H]3C[C@H]3N2C(=O)Cn2nc(C(N)=O)c3ccccc32)C1. The normalized spacial score (nSPS) is 28.4. The van der Waals surface area contributed by atoms with Crippen LogP contribution in [0.3, 0.4) is 0 Å². The maximum Gasteiger partial charge on any atom is 0.269 e. The first kappa shape index (κ1) is 21.0. The number of nitrogens with two attached hydrogens (primary N) is 1. The van der Waals surface area contributed by atoms with Gasteiger partial charge in [0.25, 0.3) is 5.91 Å². The smallest absolute Gasteiger partial charge is 0.269 e. The van der Waals surface area contributed by atoms with Crippen LogP contribution in [0, 0.1) is 11.3 Å². The maximum absolute atomic E-state index is 13.4. The third kappa shape index (κ3) is 3.76. The lowest BCUT2D eigenvalue weighted by Crippen LogP contribution is -2.52. The Balaban J connectivity index is 1.33. The van der Waals surface area contributed by atoms with Gasteiger partial charge in [-0.05, 0) is 49.5 Å². The average Bonchev–Trinajstić information content (AvgIpc) is 3.23. The molecule has 1 aliphatic heterocycles. The van der Waals surface area contributed by atoms with E-state index >= 15 is 0 Å². The Kier molecular flexibility index (Phi) is 4.98. The highest BCUT2D eigenvalue weighted by atomic mass is 16.2. The zero-order valence-electron chi connectivity index (χ0n) is 18.7. The molecule has 0 spiro atoms. The molecule has 3 amide bonds. The summed E-state index contributed by atoms with van der Waals surface area (Å²) in [7, 11) is 0. The minimum atomic E-state index is -0.622. The second kappa shape index (κ2) is 7.60. The lowest BCUT2D eigenvalue weighted by Gasteiger charge is -2.36. The van der Waals surface area contributed by atoms with Crippen molar-refractivity contribution in [3.8, 4) is 0 Å². The van der Waals surface area contributed by atoms with Gasteiger partial charge in [0.15, 0.2) is 5.69 Å². The van der Waals surface area contributed by atoms with Gasteiger partial charge in [0.2, 0.25) is 11.8 Å². The van der Waals surface area contributed by atoms with Crippen LogP contribution in [0.5, 0.6) is 0 Å². The van der Waals surface area contributed by atoms with Gasteiger partial charge in [-0.25, -0.2) is 0 Å². The van der Waals surface area contributed by atoms with Crippen LogP contribution >= 0.6 is 0 Å². The predicted octanol–water partition coefficient (Wildman–Crippen LogP) is 2.21. The number of amides is 3. The van der Waals surface area contributed by atoms with Crippen LogP contribution in [-0.2, 0) is 16.1 Å². The minimum absolute atomic E-state index is 0.0166. The van der Waals surface area contributed by atoms with Crippen molar-refractivity contribution in [1.82, 2.24) is 20.0 Å². The molecule has 3 aliphatic rings. The number of carbonyl (C=O) groups is 3. The highest BCUT2D eigenvalue weighted by Gasteiger charge is 2.56. The maximum atomic E-state index is 13.4. The summed E-state index contributed by atoms with van der Waals surface area (Å²) in [5.41, 5.74) is 6.57. The summed E-state index contributed by atoms with van der Waals surface area (Å²) in [6.07, 6.45) is 5.95. The third-order valence-electron chi connectivity index (χ3n) is 7.42. The molecule has 3 fully saturated rings. The van der Waals surface area contributed by atoms with Crippen molar-refractivity contribution in [3.05, 3.63) is 30.0 Å². The summed E-state index contributed by atoms with van der Waals surface area (Å²) in [6.45, 7) is 4.48. The number of primary amides is 1. The fraction of sp³-hybridized carbons (Fsp3) is 0.583. The van der Waals surface area contributed by atoms with Gasteiger partial charge in [-0.15, -0.1) is 0 Å². The molecule has 8 nitrogen and oxygen atoms in total. The van der Waals surface area contributed by atoms with E-state index in [0.717, 1.165) is 32.1 Å². The van der Waals surface area contributed by atoms with Gasteiger partial charge in [0.1, 0.15) is 12.6 Å². The zero-order valence-corrected chi connectivity index (χ0v) is 18.7. The number of aromatic nitrogens is 2. The number of benzene rings is 1. The molecule has 0 unspecified atom stereocenters. The molecular weight excluding hydrogens is 406 g/mol. The number of rotatable bonds is 5. The minimum Gasteiger partial charge on any atom is -0.364 e. The molecule has 2 aromatic rings. The molecule has 5 rings (SSSR count). The Labute approximate surface area is 187 Å². The Morgan fingerprint density at radius 2 is 2.00 bits per heavy atom. The molecule has 1 aromatic carbocycles. The van der Waals surface area contributed by atoms with Crippen LogP contribution in [-0.4, -0.2) is 50.5 Å². The first-order valence-electron chi connectivity index (χ1n) is 11.6. The largest absolute Gasteiger partial charge is 0.364 e. The Bertz CT molecular complexity index is 1090. The summed E-state index contributed by atoms with van der Waals surface area (Å²) < 4.78 is 1.53. The van der Waals surface area contributed by atoms with Gasteiger partial charge < -0.3 is 16.0 Å². The van der Waals surface area contributed by atoms with Gasteiger partial charge in [-0.2, -0.15) is 5.10 Å². The number of nitrogens with zero attached hydrogens (tertiary/aromatic N) is 3. The molecule has 2 saturated carbocycles. The average molecular weight is 438 g/mol. The van der Waals surface area contributed by atoms with Crippen molar-refractivity contribution in [3.63, 3.8) is 0 Å². The van der Waals surface area contributed by atoms with Crippen LogP contribution < -0.4 is 11.1 Å². The summed E-state index contributed by atoms with van der Waals surface area (Å²) in [5.74, 6) is -0.378. The van der Waals surface area contributed by atoms with E-state index in [-0.39, 0.29) is 41.6 Å². The predicted molar refractivity (Wildman–Crippen MR) is 120 cm³/mol. The van der Waals surface area contributed by atoms with Gasteiger partial charge in [0, 0.05) is 17.5 Å². The monoisotopic (exact) mass is 437 g/mol. The molecule has 32 heavy (non-hydrogen) atoms. The fourth-order valence-electron chi connectivity index (χ4n) is 5.81. The number of fused-ring (bicyclic) bond motifs is 2. The molecule has 8 heteroatoms. The summed E-state index contributed by atoms with van der Waals surface area (Å²) in [4.78, 5) is 40.1. The molecule has 3 N–H and O–H groups in total. The number of hydrogen-bond donors (Lipinski definition) is 2. The molecule has 0 radical (unpaired) electrons. The van der Waals surface area contributed by atoms with Gasteiger partial charge >= 0.3 is 0 Å². The number of likely N-dealkylation sites (tertiary alicyclic amines) is 1. The van der Waals surface area contributed by atoms with E-state index in [0.29, 0.717) is 16.8 Å². The Morgan fingerprint density at radius 1 is 1.22 bits per heavy atom. The van der Waals surface area contributed by atoms with Crippen molar-refractivity contribution in [1.29, 1.82) is 0 Å². The first-order valence-corrected chi connectivity index (χ1v) is 11.6. The topological polar surface area (TPSA) is 110 Å². The summed E-state index contributed by atoms with van der Waals surface area (Å²) in [6, 6.07) is 7.13. The quantitative estimate of drug-likeness (QED) is 0.747. The summed E-state index contributed by atoms with van der Waals surface area (Å²) >= 11 is 0. The number of hydrogen-bond acceptors (Lipinski definition) is 4. The lowest BCUT2D eigenvalue weighted by atomic mass is 9.75. The van der Waals surface area contributed by atoms with E-state index in [1.807, 2.05) is 18.2 Å². The highest BCUT2D eigenvalue weighted by molar-refractivity contribution is 6.04. The molecule has 170 valence electrons. The highest BCUT2D eigenvalue weighted by Crippen LogP contribution is 2.48. The third-order valence-corrected chi connectivity index (χ3v) is 7.42. The number of nitrogens with one attached hydrogen (secondary N) is 1. The molecule has 1 saturated heterocycles. The van der Waals surface area contributed by atoms with Crippen molar-refractivity contribution >= 4 is 28.6 Å². The van der Waals surface area contributed by atoms with Gasteiger partial charge in [0.05, 0.1) is 5.52 Å². The Morgan fingerprint density at radius 3 is 2.75 bits per heavy atom. The van der Waals surface area contributed by atoms with E-state index in [9.17, 15) is 14.4 Å². The molecular formula is C24H31N5O3. The van der Waals surface area contributed by atoms with E-state index in [2.05, 4.69) is 24.3 Å². The van der Waals surface area contributed by atoms with Crippen LogP contribution in [0.2, 0.25) is 0 Å². The molecule has 0 bridgehead atoms. The zero-order chi connectivity index (χ0) is 22.6. The van der Waals surface area contributed by atoms with E-state index in [4.69, 9.17) is 5.73 Å².